The molecule has 0 spiro atoms. The van der Waals surface area contributed by atoms with E-state index in [2.05, 4.69) is 10.6 Å². The highest BCUT2D eigenvalue weighted by atomic mass is 32.2. The summed E-state index contributed by atoms with van der Waals surface area (Å²) in [6, 6.07) is 8.68. The van der Waals surface area contributed by atoms with Crippen LogP contribution in [-0.2, 0) is 16.6 Å². The van der Waals surface area contributed by atoms with Crippen LogP contribution in [0.15, 0.2) is 41.3 Å². The van der Waals surface area contributed by atoms with E-state index in [4.69, 9.17) is 19.3 Å². The number of amides is 2. The molecule has 146 valence electrons. The van der Waals surface area contributed by atoms with Gasteiger partial charge in [-0.2, -0.15) is 0 Å². The number of primary sulfonamides is 1. The zero-order chi connectivity index (χ0) is 20.0. The molecule has 0 atom stereocenters. The SMILES string of the molecule is COc1cc(NC(=O)NCc2cccc(S(N)(=O)=O)c2)cc(OC)c1OC. The Balaban J connectivity index is 2.08. The number of anilines is 1. The van der Waals surface area contributed by atoms with Crippen molar-refractivity contribution in [3.05, 3.63) is 42.0 Å². The summed E-state index contributed by atoms with van der Waals surface area (Å²) in [6.45, 7) is 0.111. The van der Waals surface area contributed by atoms with Crippen molar-refractivity contribution in [3.8, 4) is 17.2 Å². The quantitative estimate of drug-likeness (QED) is 0.654. The summed E-state index contributed by atoms with van der Waals surface area (Å²) in [5.74, 6) is 1.20. The molecule has 0 fully saturated rings. The van der Waals surface area contributed by atoms with Crippen LogP contribution in [0, 0.1) is 0 Å². The molecule has 0 saturated carbocycles. The van der Waals surface area contributed by atoms with Gasteiger partial charge >= 0.3 is 6.03 Å². The number of carbonyl (C=O) groups is 1. The van der Waals surface area contributed by atoms with E-state index in [1.54, 1.807) is 24.3 Å². The predicted octanol–water partition coefficient (Wildman–Crippen LogP) is 1.68. The Labute approximate surface area is 157 Å². The molecule has 0 bridgehead atoms. The number of rotatable bonds is 7. The Morgan fingerprint density at radius 2 is 1.67 bits per heavy atom. The lowest BCUT2D eigenvalue weighted by atomic mass is 10.2. The number of methoxy groups -OCH3 is 3. The van der Waals surface area contributed by atoms with Gasteiger partial charge in [-0.3, -0.25) is 0 Å². The third-order valence-corrected chi connectivity index (χ3v) is 4.51. The van der Waals surface area contributed by atoms with Gasteiger partial charge in [0.15, 0.2) is 11.5 Å². The molecule has 0 heterocycles. The lowest BCUT2D eigenvalue weighted by molar-refractivity contribution is 0.251. The van der Waals surface area contributed by atoms with Crippen LogP contribution in [0.4, 0.5) is 10.5 Å². The average molecular weight is 395 g/mol. The molecule has 0 saturated heterocycles. The number of nitrogens with two attached hydrogens (primary N) is 1. The number of urea groups is 1. The summed E-state index contributed by atoms with van der Waals surface area (Å²) < 4.78 is 38.4. The maximum atomic E-state index is 12.1. The van der Waals surface area contributed by atoms with Crippen molar-refractivity contribution < 1.29 is 27.4 Å². The highest BCUT2D eigenvalue weighted by Gasteiger charge is 2.14. The molecule has 0 aliphatic carbocycles. The summed E-state index contributed by atoms with van der Waals surface area (Å²) >= 11 is 0. The average Bonchev–Trinajstić information content (AvgIpc) is 2.65. The van der Waals surface area contributed by atoms with Gasteiger partial charge in [0.2, 0.25) is 15.8 Å². The minimum atomic E-state index is -3.80. The molecule has 0 aliphatic heterocycles. The van der Waals surface area contributed by atoms with Gasteiger partial charge in [-0.1, -0.05) is 12.1 Å². The van der Waals surface area contributed by atoms with E-state index >= 15 is 0 Å². The topological polar surface area (TPSA) is 129 Å². The molecule has 9 nitrogen and oxygen atoms in total. The zero-order valence-electron chi connectivity index (χ0n) is 15.1. The number of hydrogen-bond donors (Lipinski definition) is 3. The minimum absolute atomic E-state index is 0.0214. The van der Waals surface area contributed by atoms with Crippen molar-refractivity contribution in [1.29, 1.82) is 0 Å². The molecular weight excluding hydrogens is 374 g/mol. The third kappa shape index (κ3) is 5.25. The first-order valence-corrected chi connectivity index (χ1v) is 9.29. The van der Waals surface area contributed by atoms with E-state index in [1.807, 2.05) is 0 Å². The highest BCUT2D eigenvalue weighted by Crippen LogP contribution is 2.39. The fraction of sp³-hybridized carbons (Fsp3) is 0.235. The fourth-order valence-corrected chi connectivity index (χ4v) is 2.93. The van der Waals surface area contributed by atoms with Crippen LogP contribution in [0.1, 0.15) is 5.56 Å². The van der Waals surface area contributed by atoms with E-state index in [0.29, 0.717) is 28.5 Å². The number of carbonyl (C=O) groups excluding carboxylic acids is 1. The van der Waals surface area contributed by atoms with Gasteiger partial charge in [0.25, 0.3) is 0 Å². The molecule has 4 N–H and O–H groups in total. The van der Waals surface area contributed by atoms with Crippen LogP contribution < -0.4 is 30.0 Å². The van der Waals surface area contributed by atoms with E-state index in [-0.39, 0.29) is 11.4 Å². The van der Waals surface area contributed by atoms with Crippen molar-refractivity contribution in [2.75, 3.05) is 26.6 Å². The number of hydrogen-bond acceptors (Lipinski definition) is 6. The Morgan fingerprint density at radius 3 is 2.19 bits per heavy atom. The van der Waals surface area contributed by atoms with Crippen LogP contribution >= 0.6 is 0 Å². The molecule has 10 heteroatoms. The first-order valence-electron chi connectivity index (χ1n) is 7.75. The molecule has 0 aliphatic rings. The Bertz CT molecular complexity index is 905. The number of benzene rings is 2. The van der Waals surface area contributed by atoms with Gasteiger partial charge in [0.1, 0.15) is 0 Å². The number of sulfonamides is 1. The first kappa shape index (κ1) is 20.3. The fourth-order valence-electron chi connectivity index (χ4n) is 2.34. The molecule has 0 radical (unpaired) electrons. The smallest absolute Gasteiger partial charge is 0.319 e. The van der Waals surface area contributed by atoms with E-state index in [9.17, 15) is 13.2 Å². The van der Waals surface area contributed by atoms with Gasteiger partial charge in [-0.05, 0) is 17.7 Å². The Morgan fingerprint density at radius 1 is 1.04 bits per heavy atom. The largest absolute Gasteiger partial charge is 0.493 e. The summed E-state index contributed by atoms with van der Waals surface area (Å²) in [5, 5.41) is 10.4. The summed E-state index contributed by atoms with van der Waals surface area (Å²) in [4.78, 5) is 12.1. The van der Waals surface area contributed by atoms with Crippen molar-refractivity contribution in [3.63, 3.8) is 0 Å². The van der Waals surface area contributed by atoms with Gasteiger partial charge in [-0.25, -0.2) is 18.4 Å². The summed E-state index contributed by atoms with van der Waals surface area (Å²) in [5.41, 5.74) is 1.02. The number of nitrogens with one attached hydrogen (secondary N) is 2. The van der Waals surface area contributed by atoms with E-state index in [1.165, 1.54) is 33.5 Å². The maximum Gasteiger partial charge on any atom is 0.319 e. The molecule has 0 aromatic heterocycles. The second-order valence-corrected chi connectivity index (χ2v) is 6.98. The Kier molecular flexibility index (Phi) is 6.48. The molecular formula is C17H21N3O6S. The normalized spacial score (nSPS) is 10.8. The van der Waals surface area contributed by atoms with Crippen LogP contribution in [-0.4, -0.2) is 35.8 Å². The van der Waals surface area contributed by atoms with Crippen LogP contribution in [0.2, 0.25) is 0 Å². The van der Waals surface area contributed by atoms with Crippen molar-refractivity contribution >= 4 is 21.7 Å². The first-order chi connectivity index (χ1) is 12.8. The second kappa shape index (κ2) is 8.60. The molecule has 2 aromatic carbocycles. The molecule has 2 rings (SSSR count). The molecule has 27 heavy (non-hydrogen) atoms. The van der Waals surface area contributed by atoms with Crippen LogP contribution in [0.25, 0.3) is 0 Å². The van der Waals surface area contributed by atoms with E-state index < -0.39 is 16.1 Å². The van der Waals surface area contributed by atoms with E-state index in [0.717, 1.165) is 0 Å². The van der Waals surface area contributed by atoms with Crippen LogP contribution in [0.3, 0.4) is 0 Å². The maximum absolute atomic E-state index is 12.1. The standard InChI is InChI=1S/C17H21N3O6S/c1-24-14-8-12(9-15(25-2)16(14)26-3)20-17(21)19-10-11-5-4-6-13(7-11)27(18,22)23/h4-9H,10H2,1-3H3,(H2,18,22,23)(H2,19,20,21). The molecule has 2 aromatic rings. The number of ether oxygens (including phenoxy) is 3. The van der Waals surface area contributed by atoms with Gasteiger partial charge in [0, 0.05) is 18.7 Å². The second-order valence-electron chi connectivity index (χ2n) is 5.41. The van der Waals surface area contributed by atoms with Crippen LogP contribution in [0.5, 0.6) is 17.2 Å². The monoisotopic (exact) mass is 395 g/mol. The predicted molar refractivity (Wildman–Crippen MR) is 99.8 cm³/mol. The zero-order valence-corrected chi connectivity index (χ0v) is 15.9. The lowest BCUT2D eigenvalue weighted by Gasteiger charge is -2.15. The molecule has 0 unspecified atom stereocenters. The van der Waals surface area contributed by atoms with Gasteiger partial charge in [-0.15, -0.1) is 0 Å². The van der Waals surface area contributed by atoms with Gasteiger partial charge < -0.3 is 24.8 Å². The van der Waals surface area contributed by atoms with Gasteiger partial charge in [0.05, 0.1) is 31.9 Å². The summed E-state index contributed by atoms with van der Waals surface area (Å²) in [6.07, 6.45) is 0. The Hall–Kier alpha value is -2.98. The minimum Gasteiger partial charge on any atom is -0.493 e. The van der Waals surface area contributed by atoms with Crippen molar-refractivity contribution in [1.82, 2.24) is 5.32 Å². The lowest BCUT2D eigenvalue weighted by Crippen LogP contribution is -2.28. The third-order valence-electron chi connectivity index (χ3n) is 3.60. The highest BCUT2D eigenvalue weighted by molar-refractivity contribution is 7.89. The molecule has 2 amide bonds. The summed E-state index contributed by atoms with van der Waals surface area (Å²) in [7, 11) is 0.623. The van der Waals surface area contributed by atoms with Crippen molar-refractivity contribution in [2.24, 2.45) is 5.14 Å². The van der Waals surface area contributed by atoms with Crippen molar-refractivity contribution in [2.45, 2.75) is 11.4 Å².